The summed E-state index contributed by atoms with van der Waals surface area (Å²) in [7, 11) is 6.28. The van der Waals surface area contributed by atoms with E-state index in [4.69, 9.17) is 0 Å². The van der Waals surface area contributed by atoms with Gasteiger partial charge in [0.2, 0.25) is 0 Å². The highest BCUT2D eigenvalue weighted by molar-refractivity contribution is 9.10. The van der Waals surface area contributed by atoms with Gasteiger partial charge in [-0.3, -0.25) is 0 Å². The van der Waals surface area contributed by atoms with Crippen LogP contribution in [0.5, 0.6) is 0 Å². The number of rotatable bonds is 5. The first kappa shape index (κ1) is 15.9. The first-order chi connectivity index (χ1) is 9.49. The van der Waals surface area contributed by atoms with Gasteiger partial charge in [0.15, 0.2) is 0 Å². The van der Waals surface area contributed by atoms with Crippen molar-refractivity contribution in [3.8, 4) is 0 Å². The Morgan fingerprint density at radius 1 is 1.35 bits per heavy atom. The molecule has 1 unspecified atom stereocenters. The van der Waals surface area contributed by atoms with Gasteiger partial charge < -0.3 is 10.2 Å². The Hall–Kier alpha value is -0.450. The van der Waals surface area contributed by atoms with E-state index in [0.717, 1.165) is 16.5 Å². The standard InChI is InChI=1S/C16H24BrFN2/c1-19-15(16(20(2)3)8-4-5-9-16)10-12-6-7-13(17)11-14(12)18/h6-7,11,15,19H,4-5,8-10H2,1-3H3. The molecule has 1 aromatic rings. The molecule has 0 spiro atoms. The molecule has 0 saturated heterocycles. The van der Waals surface area contributed by atoms with E-state index < -0.39 is 0 Å². The molecule has 2 nitrogen and oxygen atoms in total. The van der Waals surface area contributed by atoms with Gasteiger partial charge in [0, 0.05) is 16.1 Å². The average Bonchev–Trinajstić information content (AvgIpc) is 2.88. The number of hydrogen-bond acceptors (Lipinski definition) is 2. The Morgan fingerprint density at radius 3 is 2.50 bits per heavy atom. The molecule has 1 aliphatic rings. The molecule has 0 aromatic heterocycles. The lowest BCUT2D eigenvalue weighted by Crippen LogP contribution is -2.57. The molecule has 0 amide bonds. The maximum absolute atomic E-state index is 14.1. The Bertz CT molecular complexity index is 456. The fourth-order valence-electron chi connectivity index (χ4n) is 3.56. The molecule has 0 aliphatic heterocycles. The molecule has 0 bridgehead atoms. The molecule has 2 rings (SSSR count). The summed E-state index contributed by atoms with van der Waals surface area (Å²) in [4.78, 5) is 2.33. The summed E-state index contributed by atoms with van der Waals surface area (Å²) in [6.45, 7) is 0. The van der Waals surface area contributed by atoms with Gasteiger partial charge in [0.1, 0.15) is 5.82 Å². The molecule has 1 aliphatic carbocycles. The first-order valence-corrected chi connectivity index (χ1v) is 8.07. The van der Waals surface area contributed by atoms with E-state index >= 15 is 0 Å². The van der Waals surface area contributed by atoms with Crippen LogP contribution in [-0.2, 0) is 6.42 Å². The number of likely N-dealkylation sites (N-methyl/N-ethyl adjacent to an activating group) is 2. The van der Waals surface area contributed by atoms with Crippen LogP contribution in [0.2, 0.25) is 0 Å². The molecule has 1 aromatic carbocycles. The van der Waals surface area contributed by atoms with Crippen molar-refractivity contribution in [3.63, 3.8) is 0 Å². The van der Waals surface area contributed by atoms with Crippen LogP contribution in [0.15, 0.2) is 22.7 Å². The third kappa shape index (κ3) is 3.07. The molecule has 1 fully saturated rings. The van der Waals surface area contributed by atoms with Crippen LogP contribution in [0, 0.1) is 5.82 Å². The third-order valence-electron chi connectivity index (χ3n) is 4.80. The normalized spacial score (nSPS) is 19.5. The maximum atomic E-state index is 14.1. The summed E-state index contributed by atoms with van der Waals surface area (Å²) >= 11 is 3.32. The van der Waals surface area contributed by atoms with E-state index in [9.17, 15) is 4.39 Å². The Kier molecular flexibility index (Phi) is 5.21. The van der Waals surface area contributed by atoms with Crippen LogP contribution in [0.25, 0.3) is 0 Å². The van der Waals surface area contributed by atoms with Crippen LogP contribution < -0.4 is 5.32 Å². The predicted molar refractivity (Wildman–Crippen MR) is 85.5 cm³/mol. The van der Waals surface area contributed by atoms with E-state index in [-0.39, 0.29) is 17.4 Å². The summed E-state index contributed by atoms with van der Waals surface area (Å²) in [6.07, 6.45) is 5.62. The topological polar surface area (TPSA) is 15.3 Å². The molecular weight excluding hydrogens is 319 g/mol. The molecule has 4 heteroatoms. The zero-order valence-corrected chi connectivity index (χ0v) is 14.1. The number of nitrogens with zero attached hydrogens (tertiary/aromatic N) is 1. The fourth-order valence-corrected chi connectivity index (χ4v) is 3.90. The monoisotopic (exact) mass is 342 g/mol. The molecule has 112 valence electrons. The molecule has 0 radical (unpaired) electrons. The molecule has 1 saturated carbocycles. The van der Waals surface area contributed by atoms with Gasteiger partial charge in [-0.2, -0.15) is 0 Å². The lowest BCUT2D eigenvalue weighted by atomic mass is 9.83. The van der Waals surface area contributed by atoms with Crippen LogP contribution in [0.4, 0.5) is 4.39 Å². The molecular formula is C16H24BrFN2. The maximum Gasteiger partial charge on any atom is 0.127 e. The number of benzene rings is 1. The van der Waals surface area contributed by atoms with Crippen molar-refractivity contribution < 1.29 is 4.39 Å². The van der Waals surface area contributed by atoms with Gasteiger partial charge >= 0.3 is 0 Å². The summed E-state index contributed by atoms with van der Waals surface area (Å²) in [6, 6.07) is 5.64. The number of nitrogens with one attached hydrogen (secondary N) is 1. The smallest absolute Gasteiger partial charge is 0.127 e. The van der Waals surface area contributed by atoms with Gasteiger partial charge in [-0.1, -0.05) is 34.8 Å². The van der Waals surface area contributed by atoms with Gasteiger partial charge in [-0.15, -0.1) is 0 Å². The fraction of sp³-hybridized carbons (Fsp3) is 0.625. The van der Waals surface area contributed by atoms with Crippen LogP contribution in [-0.4, -0.2) is 37.6 Å². The SMILES string of the molecule is CNC(Cc1ccc(Br)cc1F)C1(N(C)C)CCCC1. The highest BCUT2D eigenvalue weighted by Crippen LogP contribution is 2.38. The molecule has 1 atom stereocenters. The summed E-state index contributed by atoms with van der Waals surface area (Å²) < 4.78 is 14.9. The van der Waals surface area contributed by atoms with Crippen LogP contribution in [0.3, 0.4) is 0 Å². The molecule has 1 N–H and O–H groups in total. The predicted octanol–water partition coefficient (Wildman–Crippen LogP) is 3.59. The van der Waals surface area contributed by atoms with E-state index in [1.807, 2.05) is 19.2 Å². The summed E-state index contributed by atoms with van der Waals surface area (Å²) in [5, 5.41) is 3.44. The minimum atomic E-state index is -0.119. The van der Waals surface area contributed by atoms with Gasteiger partial charge in [0.25, 0.3) is 0 Å². The number of halogens is 2. The summed E-state index contributed by atoms with van der Waals surface area (Å²) in [5.41, 5.74) is 0.939. The lowest BCUT2D eigenvalue weighted by molar-refractivity contribution is 0.108. The highest BCUT2D eigenvalue weighted by atomic mass is 79.9. The van der Waals surface area contributed by atoms with Crippen LogP contribution in [0.1, 0.15) is 31.2 Å². The first-order valence-electron chi connectivity index (χ1n) is 7.28. The average molecular weight is 343 g/mol. The van der Waals surface area contributed by atoms with Gasteiger partial charge in [0.05, 0.1) is 0 Å². The van der Waals surface area contributed by atoms with Gasteiger partial charge in [-0.05, 0) is 58.1 Å². The van der Waals surface area contributed by atoms with Crippen molar-refractivity contribution in [1.82, 2.24) is 10.2 Å². The van der Waals surface area contributed by atoms with E-state index in [1.165, 1.54) is 25.7 Å². The molecule has 20 heavy (non-hydrogen) atoms. The van der Waals surface area contributed by atoms with Crippen molar-refractivity contribution >= 4 is 15.9 Å². The quantitative estimate of drug-likeness (QED) is 0.879. The minimum Gasteiger partial charge on any atom is -0.315 e. The Balaban J connectivity index is 2.23. The van der Waals surface area contributed by atoms with Crippen molar-refractivity contribution in [3.05, 3.63) is 34.1 Å². The minimum absolute atomic E-state index is 0.119. The highest BCUT2D eigenvalue weighted by Gasteiger charge is 2.42. The Labute approximate surface area is 129 Å². The van der Waals surface area contributed by atoms with Crippen molar-refractivity contribution in [2.24, 2.45) is 0 Å². The second-order valence-corrected chi connectivity index (χ2v) is 6.90. The summed E-state index contributed by atoms with van der Waals surface area (Å²) in [5.74, 6) is -0.119. The third-order valence-corrected chi connectivity index (χ3v) is 5.29. The zero-order chi connectivity index (χ0) is 14.8. The van der Waals surface area contributed by atoms with E-state index in [2.05, 4.69) is 40.2 Å². The zero-order valence-electron chi connectivity index (χ0n) is 12.5. The Morgan fingerprint density at radius 2 is 2.00 bits per heavy atom. The van der Waals surface area contributed by atoms with E-state index in [0.29, 0.717) is 0 Å². The second-order valence-electron chi connectivity index (χ2n) is 5.99. The lowest BCUT2D eigenvalue weighted by Gasteiger charge is -2.43. The van der Waals surface area contributed by atoms with Crippen molar-refractivity contribution in [1.29, 1.82) is 0 Å². The largest absolute Gasteiger partial charge is 0.315 e. The van der Waals surface area contributed by atoms with Crippen molar-refractivity contribution in [2.75, 3.05) is 21.1 Å². The second kappa shape index (κ2) is 6.54. The number of hydrogen-bond donors (Lipinski definition) is 1. The molecule has 0 heterocycles. The van der Waals surface area contributed by atoms with Crippen LogP contribution >= 0.6 is 15.9 Å². The van der Waals surface area contributed by atoms with Crippen molar-refractivity contribution in [2.45, 2.75) is 43.7 Å². The van der Waals surface area contributed by atoms with Gasteiger partial charge in [-0.25, -0.2) is 4.39 Å². The van der Waals surface area contributed by atoms with E-state index in [1.54, 1.807) is 6.07 Å².